The molecule has 0 amide bonds. The summed E-state index contributed by atoms with van der Waals surface area (Å²) in [6, 6.07) is 39.0. The lowest BCUT2D eigenvalue weighted by atomic mass is 10.1. The zero-order valence-corrected chi connectivity index (χ0v) is 20.0. The average Bonchev–Trinajstić information content (AvgIpc) is 3.24. The van der Waals surface area contributed by atoms with Crippen molar-refractivity contribution in [2.75, 3.05) is 0 Å². The number of nitrogens with zero attached hydrogens (tertiary/aromatic N) is 2. The summed E-state index contributed by atoms with van der Waals surface area (Å²) in [5.74, 6) is 0. The molecule has 160 valence electrons. The van der Waals surface area contributed by atoms with Crippen LogP contribution in [0.4, 0.5) is 5.69 Å². The van der Waals surface area contributed by atoms with Gasteiger partial charge in [0.05, 0.1) is 17.1 Å². The first-order chi connectivity index (χ1) is 16.2. The highest BCUT2D eigenvalue weighted by Gasteiger charge is 2.18. The van der Waals surface area contributed by atoms with Crippen molar-refractivity contribution >= 4 is 39.4 Å². The molecular weight excluding hydrogens is 492 g/mol. The molecule has 0 bridgehead atoms. The van der Waals surface area contributed by atoms with Crippen LogP contribution in [0.3, 0.4) is 0 Å². The Kier molecular flexibility index (Phi) is 6.25. The van der Waals surface area contributed by atoms with Gasteiger partial charge in [-0.15, -0.1) is 0 Å². The van der Waals surface area contributed by atoms with E-state index in [1.54, 1.807) is 0 Å². The minimum Gasteiger partial charge on any atom is -0.309 e. The summed E-state index contributed by atoms with van der Waals surface area (Å²) in [6.07, 6.45) is 1.95. The van der Waals surface area contributed by atoms with Gasteiger partial charge in [-0.3, -0.25) is 4.99 Å². The highest BCUT2D eigenvalue weighted by Crippen LogP contribution is 2.36. The molecule has 0 radical (unpaired) electrons. The quantitative estimate of drug-likeness (QED) is 0.209. The topological polar surface area (TPSA) is 17.3 Å². The molecule has 0 fully saturated rings. The minimum atomic E-state index is 0.713. The van der Waals surface area contributed by atoms with Crippen LogP contribution in [-0.4, -0.2) is 10.8 Å². The average molecular weight is 512 g/mol. The van der Waals surface area contributed by atoms with E-state index in [0.717, 1.165) is 43.9 Å². The lowest BCUT2D eigenvalue weighted by Gasteiger charge is -2.15. The van der Waals surface area contributed by atoms with E-state index in [1.165, 1.54) is 0 Å². The van der Waals surface area contributed by atoms with Crippen LogP contribution in [0.25, 0.3) is 28.2 Å². The van der Waals surface area contributed by atoms with E-state index in [1.807, 2.05) is 54.7 Å². The Hall–Kier alpha value is -3.40. The summed E-state index contributed by atoms with van der Waals surface area (Å²) >= 11 is 9.75. The normalized spacial score (nSPS) is 11.2. The van der Waals surface area contributed by atoms with Crippen molar-refractivity contribution in [3.8, 4) is 28.2 Å². The molecule has 5 aromatic rings. The van der Waals surface area contributed by atoms with Gasteiger partial charge in [0.25, 0.3) is 0 Å². The molecule has 2 nitrogen and oxygen atoms in total. The van der Waals surface area contributed by atoms with Crippen LogP contribution in [0.5, 0.6) is 0 Å². The standard InChI is InChI=1S/C29H20BrClN2/c30-24-12-7-13-26(19-24)32-20-23-18-28(21-8-3-1-4-9-21)33(27-16-14-25(31)15-17-27)29(23)22-10-5-2-6-11-22/h1-20H. The third-order valence-corrected chi connectivity index (χ3v) is 6.14. The largest absolute Gasteiger partial charge is 0.309 e. The maximum Gasteiger partial charge on any atom is 0.0641 e. The van der Waals surface area contributed by atoms with Gasteiger partial charge in [0, 0.05) is 27.0 Å². The van der Waals surface area contributed by atoms with Crippen molar-refractivity contribution in [2.24, 2.45) is 4.99 Å². The molecule has 0 unspecified atom stereocenters. The van der Waals surface area contributed by atoms with E-state index in [9.17, 15) is 0 Å². The number of halogens is 2. The molecule has 1 heterocycles. The number of rotatable bonds is 5. The van der Waals surface area contributed by atoms with Gasteiger partial charge in [-0.2, -0.15) is 0 Å². The molecule has 0 spiro atoms. The maximum absolute atomic E-state index is 6.21. The Morgan fingerprint density at radius 2 is 1.36 bits per heavy atom. The fourth-order valence-corrected chi connectivity index (χ4v) is 4.41. The molecule has 0 N–H and O–H groups in total. The van der Waals surface area contributed by atoms with Gasteiger partial charge in [-0.25, -0.2) is 0 Å². The van der Waals surface area contributed by atoms with Gasteiger partial charge in [0.15, 0.2) is 0 Å². The molecule has 33 heavy (non-hydrogen) atoms. The molecular formula is C29H20BrClN2. The molecule has 4 aromatic carbocycles. The smallest absolute Gasteiger partial charge is 0.0641 e. The van der Waals surface area contributed by atoms with E-state index in [2.05, 4.69) is 87.2 Å². The first-order valence-electron chi connectivity index (χ1n) is 10.6. The molecule has 0 saturated heterocycles. The zero-order valence-electron chi connectivity index (χ0n) is 17.7. The molecule has 0 aliphatic carbocycles. The van der Waals surface area contributed by atoms with Crippen molar-refractivity contribution < 1.29 is 0 Å². The second-order valence-corrected chi connectivity index (χ2v) is 8.97. The van der Waals surface area contributed by atoms with Crippen molar-refractivity contribution in [3.05, 3.63) is 130 Å². The van der Waals surface area contributed by atoms with E-state index < -0.39 is 0 Å². The van der Waals surface area contributed by atoms with Crippen LogP contribution in [0, 0.1) is 0 Å². The summed E-state index contributed by atoms with van der Waals surface area (Å²) < 4.78 is 3.28. The summed E-state index contributed by atoms with van der Waals surface area (Å²) in [5, 5.41) is 0.713. The van der Waals surface area contributed by atoms with Crippen LogP contribution >= 0.6 is 27.5 Å². The minimum absolute atomic E-state index is 0.713. The Bertz CT molecular complexity index is 1410. The highest BCUT2D eigenvalue weighted by atomic mass is 79.9. The first-order valence-corrected chi connectivity index (χ1v) is 11.8. The van der Waals surface area contributed by atoms with Gasteiger partial charge in [0.2, 0.25) is 0 Å². The second-order valence-electron chi connectivity index (χ2n) is 7.62. The number of hydrogen-bond acceptors (Lipinski definition) is 1. The molecule has 1 aromatic heterocycles. The van der Waals surface area contributed by atoms with Gasteiger partial charge in [-0.1, -0.05) is 94.3 Å². The monoisotopic (exact) mass is 510 g/mol. The SMILES string of the molecule is Clc1ccc(-n2c(-c3ccccc3)cc(C=Nc3cccc(Br)c3)c2-c2ccccc2)cc1. The summed E-state index contributed by atoms with van der Waals surface area (Å²) in [4.78, 5) is 4.79. The van der Waals surface area contributed by atoms with Crippen LogP contribution in [0.1, 0.15) is 5.56 Å². The van der Waals surface area contributed by atoms with Crippen LogP contribution in [0.15, 0.2) is 125 Å². The van der Waals surface area contributed by atoms with Crippen molar-refractivity contribution in [3.63, 3.8) is 0 Å². The fraction of sp³-hybridized carbons (Fsp3) is 0. The first kappa shape index (κ1) is 21.4. The van der Waals surface area contributed by atoms with Gasteiger partial charge in [0.1, 0.15) is 0 Å². The number of aliphatic imine (C=N–C) groups is 1. The molecule has 4 heteroatoms. The molecule has 0 aliphatic heterocycles. The highest BCUT2D eigenvalue weighted by molar-refractivity contribution is 9.10. The third kappa shape index (κ3) is 4.70. The Labute approximate surface area is 207 Å². The van der Waals surface area contributed by atoms with Gasteiger partial charge in [-0.05, 0) is 59.7 Å². The van der Waals surface area contributed by atoms with E-state index in [0.29, 0.717) is 5.02 Å². The number of benzene rings is 4. The van der Waals surface area contributed by atoms with E-state index in [4.69, 9.17) is 16.6 Å². The van der Waals surface area contributed by atoms with Crippen molar-refractivity contribution in [2.45, 2.75) is 0 Å². The van der Waals surface area contributed by atoms with E-state index >= 15 is 0 Å². The van der Waals surface area contributed by atoms with Gasteiger partial charge >= 0.3 is 0 Å². The Morgan fingerprint density at radius 3 is 2.03 bits per heavy atom. The Balaban J connectivity index is 1.77. The zero-order chi connectivity index (χ0) is 22.6. The molecule has 0 atom stereocenters. The lowest BCUT2D eigenvalue weighted by Crippen LogP contribution is -2.00. The summed E-state index contributed by atoms with van der Waals surface area (Å²) in [7, 11) is 0. The van der Waals surface area contributed by atoms with Crippen LogP contribution in [0.2, 0.25) is 5.02 Å². The predicted octanol–water partition coefficient (Wildman–Crippen LogP) is 8.98. The molecule has 5 rings (SSSR count). The van der Waals surface area contributed by atoms with Gasteiger partial charge < -0.3 is 4.57 Å². The van der Waals surface area contributed by atoms with Crippen molar-refractivity contribution in [1.82, 2.24) is 4.57 Å². The number of aromatic nitrogens is 1. The predicted molar refractivity (Wildman–Crippen MR) is 143 cm³/mol. The molecule has 0 aliphatic rings. The summed E-state index contributed by atoms with van der Waals surface area (Å²) in [6.45, 7) is 0. The fourth-order valence-electron chi connectivity index (χ4n) is 3.90. The third-order valence-electron chi connectivity index (χ3n) is 5.39. The van der Waals surface area contributed by atoms with Crippen LogP contribution < -0.4 is 0 Å². The lowest BCUT2D eigenvalue weighted by molar-refractivity contribution is 1.09. The Morgan fingerprint density at radius 1 is 0.697 bits per heavy atom. The van der Waals surface area contributed by atoms with Crippen molar-refractivity contribution in [1.29, 1.82) is 0 Å². The van der Waals surface area contributed by atoms with Crippen LogP contribution in [-0.2, 0) is 0 Å². The molecule has 0 saturated carbocycles. The summed E-state index contributed by atoms with van der Waals surface area (Å²) in [5.41, 5.74) is 7.39. The van der Waals surface area contributed by atoms with E-state index in [-0.39, 0.29) is 0 Å². The number of hydrogen-bond donors (Lipinski definition) is 0. The maximum atomic E-state index is 6.21. The second kappa shape index (κ2) is 9.62.